The summed E-state index contributed by atoms with van der Waals surface area (Å²) in [6, 6.07) is 25.7. The highest BCUT2D eigenvalue weighted by Crippen LogP contribution is 2.11. The second-order valence-electron chi connectivity index (χ2n) is 5.96. The minimum absolute atomic E-state index is 1.00. The van der Waals surface area contributed by atoms with E-state index in [0.717, 1.165) is 32.6 Å². The first-order valence-electron chi connectivity index (χ1n) is 8.31. The Hall–Kier alpha value is -2.32. The van der Waals surface area contributed by atoms with E-state index in [2.05, 4.69) is 94.7 Å². The Morgan fingerprint density at radius 1 is 0.652 bits per heavy atom. The molecule has 0 aliphatic carbocycles. The summed E-state index contributed by atoms with van der Waals surface area (Å²) in [6.07, 6.45) is 5.44. The number of hydrogen-bond donors (Lipinski definition) is 0. The lowest BCUT2D eigenvalue weighted by Crippen LogP contribution is -2.24. The van der Waals surface area contributed by atoms with Crippen molar-refractivity contribution < 1.29 is 0 Å². The molecule has 0 unspecified atom stereocenters. The van der Waals surface area contributed by atoms with Crippen molar-refractivity contribution in [1.82, 2.24) is 9.47 Å². The first-order chi connectivity index (χ1) is 11.4. The third-order valence-electron chi connectivity index (χ3n) is 4.05. The van der Waals surface area contributed by atoms with E-state index in [1.807, 2.05) is 0 Å². The second-order valence-corrected chi connectivity index (χ2v) is 5.96. The van der Waals surface area contributed by atoms with Crippen molar-refractivity contribution in [3.63, 3.8) is 0 Å². The molecule has 2 heteroatoms. The fourth-order valence-corrected chi connectivity index (χ4v) is 2.89. The monoisotopic (exact) mass is 304 g/mol. The molecule has 1 heterocycles. The number of aryl methyl sites for hydroxylation is 1. The first kappa shape index (κ1) is 15.6. The SMILES string of the molecule is c1ccc(CN(CCCn2cccc2)Cc2ccccc2)cc1. The third-order valence-corrected chi connectivity index (χ3v) is 4.05. The van der Waals surface area contributed by atoms with Crippen LogP contribution in [-0.2, 0) is 19.6 Å². The van der Waals surface area contributed by atoms with Gasteiger partial charge in [0.1, 0.15) is 0 Å². The van der Waals surface area contributed by atoms with E-state index in [-0.39, 0.29) is 0 Å². The maximum Gasteiger partial charge on any atom is 0.0237 e. The van der Waals surface area contributed by atoms with Gasteiger partial charge in [0.05, 0.1) is 0 Å². The van der Waals surface area contributed by atoms with Crippen molar-refractivity contribution in [2.24, 2.45) is 0 Å². The van der Waals surface area contributed by atoms with Crippen LogP contribution in [0.1, 0.15) is 17.5 Å². The Morgan fingerprint density at radius 3 is 1.70 bits per heavy atom. The van der Waals surface area contributed by atoms with E-state index in [1.54, 1.807) is 0 Å². The normalized spacial score (nSPS) is 11.0. The van der Waals surface area contributed by atoms with E-state index in [4.69, 9.17) is 0 Å². The van der Waals surface area contributed by atoms with Crippen LogP contribution in [0.3, 0.4) is 0 Å². The summed E-state index contributed by atoms with van der Waals surface area (Å²) in [4.78, 5) is 2.54. The van der Waals surface area contributed by atoms with E-state index >= 15 is 0 Å². The highest BCUT2D eigenvalue weighted by atomic mass is 15.1. The molecule has 23 heavy (non-hydrogen) atoms. The molecule has 118 valence electrons. The van der Waals surface area contributed by atoms with Crippen molar-refractivity contribution in [2.45, 2.75) is 26.1 Å². The van der Waals surface area contributed by atoms with Gasteiger partial charge in [-0.05, 0) is 29.7 Å². The van der Waals surface area contributed by atoms with Gasteiger partial charge in [0, 0.05) is 38.6 Å². The summed E-state index contributed by atoms with van der Waals surface area (Å²) in [5, 5.41) is 0. The van der Waals surface area contributed by atoms with Gasteiger partial charge in [0.15, 0.2) is 0 Å². The number of hydrogen-bond acceptors (Lipinski definition) is 1. The molecule has 2 nitrogen and oxygen atoms in total. The molecule has 0 bridgehead atoms. The van der Waals surface area contributed by atoms with E-state index in [9.17, 15) is 0 Å². The highest BCUT2D eigenvalue weighted by molar-refractivity contribution is 5.17. The largest absolute Gasteiger partial charge is 0.354 e. The first-order valence-corrected chi connectivity index (χ1v) is 8.31. The molecule has 0 fully saturated rings. The molecule has 0 radical (unpaired) electrons. The summed E-state index contributed by atoms with van der Waals surface area (Å²) in [7, 11) is 0. The van der Waals surface area contributed by atoms with Crippen molar-refractivity contribution in [2.75, 3.05) is 6.54 Å². The van der Waals surface area contributed by atoms with E-state index < -0.39 is 0 Å². The zero-order chi connectivity index (χ0) is 15.7. The lowest BCUT2D eigenvalue weighted by atomic mass is 10.1. The van der Waals surface area contributed by atoms with Gasteiger partial charge in [-0.15, -0.1) is 0 Å². The van der Waals surface area contributed by atoms with Crippen LogP contribution in [0.4, 0.5) is 0 Å². The van der Waals surface area contributed by atoms with Crippen molar-refractivity contribution in [1.29, 1.82) is 0 Å². The van der Waals surface area contributed by atoms with E-state index in [0.29, 0.717) is 0 Å². The molecule has 1 aromatic heterocycles. The summed E-state index contributed by atoms with van der Waals surface area (Å²) >= 11 is 0. The maximum atomic E-state index is 2.54. The lowest BCUT2D eigenvalue weighted by molar-refractivity contribution is 0.248. The van der Waals surface area contributed by atoms with Crippen LogP contribution < -0.4 is 0 Å². The van der Waals surface area contributed by atoms with Crippen LogP contribution in [0.5, 0.6) is 0 Å². The standard InChI is InChI=1S/C21H24N2/c1-3-10-20(11-4-1)18-23(19-21-12-5-2-6-13-21)17-9-16-22-14-7-8-15-22/h1-8,10-15H,9,16-19H2. The molecule has 0 N–H and O–H groups in total. The van der Waals surface area contributed by atoms with Crippen LogP contribution in [-0.4, -0.2) is 16.0 Å². The van der Waals surface area contributed by atoms with Gasteiger partial charge in [-0.2, -0.15) is 0 Å². The molecule has 3 rings (SSSR count). The number of benzene rings is 2. The minimum Gasteiger partial charge on any atom is -0.354 e. The smallest absolute Gasteiger partial charge is 0.0237 e. The summed E-state index contributed by atoms with van der Waals surface area (Å²) < 4.78 is 2.25. The zero-order valence-electron chi connectivity index (χ0n) is 13.5. The summed E-state index contributed by atoms with van der Waals surface area (Å²) in [6.45, 7) is 4.18. The summed E-state index contributed by atoms with van der Waals surface area (Å²) in [5.41, 5.74) is 2.76. The molecule has 0 spiro atoms. The van der Waals surface area contributed by atoms with E-state index in [1.165, 1.54) is 11.1 Å². The molecule has 3 aromatic rings. The molecule has 2 aromatic carbocycles. The van der Waals surface area contributed by atoms with Crippen LogP contribution in [0.25, 0.3) is 0 Å². The molecule has 0 aliphatic rings. The van der Waals surface area contributed by atoms with Crippen LogP contribution in [0.15, 0.2) is 85.2 Å². The predicted octanol–water partition coefficient (Wildman–Crippen LogP) is 4.58. The Bertz CT molecular complexity index is 618. The second kappa shape index (κ2) is 8.35. The van der Waals surface area contributed by atoms with Gasteiger partial charge in [-0.3, -0.25) is 4.90 Å². The van der Waals surface area contributed by atoms with Gasteiger partial charge >= 0.3 is 0 Å². The van der Waals surface area contributed by atoms with Crippen LogP contribution in [0.2, 0.25) is 0 Å². The Balaban J connectivity index is 1.60. The van der Waals surface area contributed by atoms with Gasteiger partial charge < -0.3 is 4.57 Å². The molecule has 0 amide bonds. The van der Waals surface area contributed by atoms with Crippen molar-refractivity contribution in [3.8, 4) is 0 Å². The van der Waals surface area contributed by atoms with Gasteiger partial charge in [-0.25, -0.2) is 0 Å². The number of aromatic nitrogens is 1. The van der Waals surface area contributed by atoms with Crippen molar-refractivity contribution >= 4 is 0 Å². The summed E-state index contributed by atoms with van der Waals surface area (Å²) in [5.74, 6) is 0. The molecule has 0 saturated carbocycles. The fourth-order valence-electron chi connectivity index (χ4n) is 2.89. The van der Waals surface area contributed by atoms with Gasteiger partial charge in [0.2, 0.25) is 0 Å². The average molecular weight is 304 g/mol. The highest BCUT2D eigenvalue weighted by Gasteiger charge is 2.07. The van der Waals surface area contributed by atoms with Gasteiger partial charge in [-0.1, -0.05) is 60.7 Å². The predicted molar refractivity (Wildman–Crippen MR) is 96.0 cm³/mol. The Labute approximate surface area is 139 Å². The number of rotatable bonds is 8. The molecule has 0 aliphatic heterocycles. The molecular formula is C21H24N2. The Morgan fingerprint density at radius 2 is 1.17 bits per heavy atom. The topological polar surface area (TPSA) is 8.17 Å². The van der Waals surface area contributed by atoms with Crippen LogP contribution in [0, 0.1) is 0 Å². The van der Waals surface area contributed by atoms with Gasteiger partial charge in [0.25, 0.3) is 0 Å². The molecular weight excluding hydrogens is 280 g/mol. The fraction of sp³-hybridized carbons (Fsp3) is 0.238. The molecule has 0 atom stereocenters. The van der Waals surface area contributed by atoms with Crippen molar-refractivity contribution in [3.05, 3.63) is 96.3 Å². The lowest BCUT2D eigenvalue weighted by Gasteiger charge is -2.23. The maximum absolute atomic E-state index is 2.54. The Kier molecular flexibility index (Phi) is 5.65. The van der Waals surface area contributed by atoms with Crippen LogP contribution >= 0.6 is 0 Å². The number of nitrogens with zero attached hydrogens (tertiary/aromatic N) is 2. The third kappa shape index (κ3) is 5.11. The minimum atomic E-state index is 1.00. The average Bonchev–Trinajstić information content (AvgIpc) is 3.10. The zero-order valence-corrected chi connectivity index (χ0v) is 13.5. The molecule has 0 saturated heterocycles. The quantitative estimate of drug-likeness (QED) is 0.591.